The Hall–Kier alpha value is -2.76. The maximum Gasteiger partial charge on any atom is 0.227 e. The lowest BCUT2D eigenvalue weighted by Crippen LogP contribution is -2.29. The van der Waals surface area contributed by atoms with Crippen LogP contribution in [0.3, 0.4) is 0 Å². The number of nitrogens with zero attached hydrogens (tertiary/aromatic N) is 2. The van der Waals surface area contributed by atoms with Gasteiger partial charge in [-0.05, 0) is 48.7 Å². The van der Waals surface area contributed by atoms with Crippen molar-refractivity contribution in [1.29, 1.82) is 0 Å². The molecule has 27 heavy (non-hydrogen) atoms. The monoisotopic (exact) mass is 369 g/mol. The standard InChI is InChI=1S/C21H27N3O3/c1-15(25)24(14-19-8-5-11-27-19)13-17-12-18(9-10-20(17)23(2)3)22-21(26)16-6-4-7-16/h5,8-12,16H,4,6-7,13-14H2,1-3H3,(H,22,26). The van der Waals surface area contributed by atoms with Gasteiger partial charge in [0.15, 0.2) is 0 Å². The molecule has 0 radical (unpaired) electrons. The Balaban J connectivity index is 1.80. The molecule has 1 aromatic heterocycles. The van der Waals surface area contributed by atoms with Gasteiger partial charge >= 0.3 is 0 Å². The predicted octanol–water partition coefficient (Wildman–Crippen LogP) is 3.63. The molecule has 0 spiro atoms. The van der Waals surface area contributed by atoms with Crippen molar-refractivity contribution in [2.24, 2.45) is 5.92 Å². The number of hydrogen-bond acceptors (Lipinski definition) is 4. The summed E-state index contributed by atoms with van der Waals surface area (Å²) in [5, 5.41) is 3.02. The summed E-state index contributed by atoms with van der Waals surface area (Å²) in [7, 11) is 3.94. The van der Waals surface area contributed by atoms with Crippen molar-refractivity contribution in [2.45, 2.75) is 39.3 Å². The van der Waals surface area contributed by atoms with E-state index in [1.54, 1.807) is 18.1 Å². The van der Waals surface area contributed by atoms with E-state index in [4.69, 9.17) is 4.42 Å². The highest BCUT2D eigenvalue weighted by atomic mass is 16.3. The second-order valence-electron chi connectivity index (χ2n) is 7.31. The van der Waals surface area contributed by atoms with Crippen LogP contribution in [0.15, 0.2) is 41.0 Å². The zero-order valence-corrected chi connectivity index (χ0v) is 16.2. The number of rotatable bonds is 7. The summed E-state index contributed by atoms with van der Waals surface area (Å²) in [6.45, 7) is 2.41. The van der Waals surface area contributed by atoms with Crippen LogP contribution in [0.1, 0.15) is 37.5 Å². The van der Waals surface area contributed by atoms with Gasteiger partial charge in [-0.3, -0.25) is 9.59 Å². The van der Waals surface area contributed by atoms with Crippen molar-refractivity contribution in [3.05, 3.63) is 47.9 Å². The average molecular weight is 369 g/mol. The molecule has 1 aromatic carbocycles. The fourth-order valence-electron chi connectivity index (χ4n) is 3.22. The zero-order valence-electron chi connectivity index (χ0n) is 16.2. The molecule has 2 amide bonds. The van der Waals surface area contributed by atoms with E-state index in [0.29, 0.717) is 13.1 Å². The first-order valence-electron chi connectivity index (χ1n) is 9.33. The van der Waals surface area contributed by atoms with Crippen molar-refractivity contribution in [2.75, 3.05) is 24.3 Å². The number of furan rings is 1. The van der Waals surface area contributed by atoms with Crippen molar-refractivity contribution in [3.63, 3.8) is 0 Å². The largest absolute Gasteiger partial charge is 0.467 e. The van der Waals surface area contributed by atoms with Gasteiger partial charge in [0.05, 0.1) is 12.8 Å². The number of hydrogen-bond donors (Lipinski definition) is 1. The quantitative estimate of drug-likeness (QED) is 0.809. The van der Waals surface area contributed by atoms with Crippen LogP contribution in [0, 0.1) is 5.92 Å². The molecule has 0 aliphatic heterocycles. The minimum atomic E-state index is -0.0278. The van der Waals surface area contributed by atoms with Crippen LogP contribution in [0.25, 0.3) is 0 Å². The lowest BCUT2D eigenvalue weighted by atomic mass is 9.85. The van der Waals surface area contributed by atoms with Crippen LogP contribution in [-0.2, 0) is 22.7 Å². The Labute approximate surface area is 160 Å². The van der Waals surface area contributed by atoms with Gasteiger partial charge < -0.3 is 19.5 Å². The summed E-state index contributed by atoms with van der Waals surface area (Å²) in [5.74, 6) is 0.935. The summed E-state index contributed by atoms with van der Waals surface area (Å²) >= 11 is 0. The van der Waals surface area contributed by atoms with E-state index in [2.05, 4.69) is 5.32 Å². The molecule has 0 saturated heterocycles. The third kappa shape index (κ3) is 4.70. The Morgan fingerprint density at radius 3 is 2.52 bits per heavy atom. The van der Waals surface area contributed by atoms with E-state index in [1.807, 2.05) is 49.3 Å². The van der Waals surface area contributed by atoms with E-state index in [9.17, 15) is 9.59 Å². The molecule has 3 rings (SSSR count). The molecular formula is C21H27N3O3. The Kier molecular flexibility index (Phi) is 5.84. The van der Waals surface area contributed by atoms with Gasteiger partial charge in [-0.15, -0.1) is 0 Å². The van der Waals surface area contributed by atoms with Gasteiger partial charge in [0.25, 0.3) is 0 Å². The van der Waals surface area contributed by atoms with Crippen LogP contribution >= 0.6 is 0 Å². The maximum absolute atomic E-state index is 12.3. The topological polar surface area (TPSA) is 65.8 Å². The van der Waals surface area contributed by atoms with Gasteiger partial charge in [0.1, 0.15) is 5.76 Å². The minimum Gasteiger partial charge on any atom is -0.467 e. The molecule has 1 N–H and O–H groups in total. The highest BCUT2D eigenvalue weighted by molar-refractivity contribution is 5.93. The number of carbonyl (C=O) groups is 2. The molecule has 1 heterocycles. The fourth-order valence-corrected chi connectivity index (χ4v) is 3.22. The lowest BCUT2D eigenvalue weighted by Gasteiger charge is -2.26. The van der Waals surface area contributed by atoms with Gasteiger partial charge in [-0.1, -0.05) is 6.42 Å². The molecule has 0 unspecified atom stereocenters. The van der Waals surface area contributed by atoms with E-state index in [0.717, 1.165) is 42.0 Å². The fraction of sp³-hybridized carbons (Fsp3) is 0.429. The minimum absolute atomic E-state index is 0.0278. The molecule has 0 atom stereocenters. The molecule has 6 heteroatoms. The van der Waals surface area contributed by atoms with Crippen LogP contribution in [0.5, 0.6) is 0 Å². The van der Waals surface area contributed by atoms with Crippen LogP contribution in [0.2, 0.25) is 0 Å². The lowest BCUT2D eigenvalue weighted by molar-refractivity contribution is -0.130. The van der Waals surface area contributed by atoms with Crippen LogP contribution < -0.4 is 10.2 Å². The van der Waals surface area contributed by atoms with Gasteiger partial charge in [-0.2, -0.15) is 0 Å². The predicted molar refractivity (Wildman–Crippen MR) is 105 cm³/mol. The number of benzene rings is 1. The van der Waals surface area contributed by atoms with E-state index in [-0.39, 0.29) is 17.7 Å². The summed E-state index contributed by atoms with van der Waals surface area (Å²) < 4.78 is 5.39. The summed E-state index contributed by atoms with van der Waals surface area (Å²) in [4.78, 5) is 28.2. The third-order valence-corrected chi connectivity index (χ3v) is 5.04. The Morgan fingerprint density at radius 2 is 1.96 bits per heavy atom. The average Bonchev–Trinajstić information content (AvgIpc) is 3.05. The smallest absolute Gasteiger partial charge is 0.227 e. The third-order valence-electron chi connectivity index (χ3n) is 5.04. The van der Waals surface area contributed by atoms with Crippen LogP contribution in [-0.4, -0.2) is 30.8 Å². The van der Waals surface area contributed by atoms with Gasteiger partial charge in [0.2, 0.25) is 11.8 Å². The van der Waals surface area contributed by atoms with Crippen molar-refractivity contribution in [3.8, 4) is 0 Å². The number of carbonyl (C=O) groups excluding carboxylic acids is 2. The molecule has 2 aromatic rings. The zero-order chi connectivity index (χ0) is 19.4. The molecule has 144 valence electrons. The molecule has 1 fully saturated rings. The summed E-state index contributed by atoms with van der Waals surface area (Å²) in [6, 6.07) is 9.54. The highest BCUT2D eigenvalue weighted by Gasteiger charge is 2.25. The maximum atomic E-state index is 12.3. The van der Waals surface area contributed by atoms with Crippen molar-refractivity contribution >= 4 is 23.2 Å². The van der Waals surface area contributed by atoms with E-state index < -0.39 is 0 Å². The second kappa shape index (κ2) is 8.29. The second-order valence-corrected chi connectivity index (χ2v) is 7.31. The molecule has 1 saturated carbocycles. The normalized spacial score (nSPS) is 13.7. The Morgan fingerprint density at radius 1 is 1.19 bits per heavy atom. The summed E-state index contributed by atoms with van der Waals surface area (Å²) in [5.41, 5.74) is 2.77. The SMILES string of the molecule is CC(=O)N(Cc1ccco1)Cc1cc(NC(=O)C2CCC2)ccc1N(C)C. The molecule has 1 aliphatic carbocycles. The first kappa shape index (κ1) is 19.0. The Bertz CT molecular complexity index is 795. The molecule has 6 nitrogen and oxygen atoms in total. The van der Waals surface area contributed by atoms with Gasteiger partial charge in [0, 0.05) is 44.9 Å². The number of amides is 2. The first-order chi connectivity index (χ1) is 12.9. The van der Waals surface area contributed by atoms with Gasteiger partial charge in [-0.25, -0.2) is 0 Å². The van der Waals surface area contributed by atoms with Crippen molar-refractivity contribution < 1.29 is 14.0 Å². The highest BCUT2D eigenvalue weighted by Crippen LogP contribution is 2.29. The molecular weight excluding hydrogens is 342 g/mol. The van der Waals surface area contributed by atoms with E-state index >= 15 is 0 Å². The molecule has 1 aliphatic rings. The van der Waals surface area contributed by atoms with Crippen molar-refractivity contribution in [1.82, 2.24) is 4.90 Å². The molecule has 0 bridgehead atoms. The summed E-state index contributed by atoms with van der Waals surface area (Å²) in [6.07, 6.45) is 4.67. The number of anilines is 2. The van der Waals surface area contributed by atoms with Crippen LogP contribution in [0.4, 0.5) is 11.4 Å². The number of nitrogens with one attached hydrogen (secondary N) is 1. The van der Waals surface area contributed by atoms with E-state index in [1.165, 1.54) is 0 Å². The first-order valence-corrected chi connectivity index (χ1v) is 9.33.